The molecule has 0 fully saturated rings. The van der Waals surface area contributed by atoms with Crippen LogP contribution in [0.3, 0.4) is 0 Å². The van der Waals surface area contributed by atoms with Crippen molar-refractivity contribution >= 4 is 58.7 Å². The van der Waals surface area contributed by atoms with Gasteiger partial charge in [0.1, 0.15) is 11.5 Å². The Labute approximate surface area is 311 Å². The molecule has 5 aliphatic heterocycles. The number of Topliss-reactive ketones (excluding diaryl/α,β-unsaturated/α-hetero) is 2. The average Bonchev–Trinajstić information content (AvgIpc) is 3.20. The Morgan fingerprint density at radius 2 is 0.833 bits per heavy atom. The standard InChI is InChI=1S/C44H34N4O6/c49-41-23-21-29-17-19-30(20-18-29)22-24-42(50)54-40-16-8-2-10-34(40)44(52)32-27-47-37-13-5-3-11-35(37)45-25-31(43(51)33-9-1-7-15-39(33)53-41)26-46-36-12-4-6-14-38(36)48-28-32/h1-20,25-28,45,48H,21-24H2/b31-25+,32-28?,46-26?,47-27?. The Morgan fingerprint density at radius 3 is 1.28 bits per heavy atom. The number of anilines is 2. The summed E-state index contributed by atoms with van der Waals surface area (Å²) in [5.41, 5.74) is 4.53. The number of para-hydroxylation sites is 6. The van der Waals surface area contributed by atoms with Gasteiger partial charge in [0, 0.05) is 37.7 Å². The number of carbonyl (C=O) groups excluding carboxylic acids is 4. The second-order valence-corrected chi connectivity index (χ2v) is 12.5. The molecule has 5 aromatic rings. The predicted molar refractivity (Wildman–Crippen MR) is 208 cm³/mol. The minimum atomic E-state index is -0.492. The van der Waals surface area contributed by atoms with Crippen molar-refractivity contribution in [2.75, 3.05) is 10.6 Å². The maximum atomic E-state index is 14.2. The lowest BCUT2D eigenvalue weighted by Gasteiger charge is -2.13. The number of nitrogens with one attached hydrogen (secondary N) is 2. The Hall–Kier alpha value is -7.20. The molecular formula is C44H34N4O6. The van der Waals surface area contributed by atoms with E-state index in [0.717, 1.165) is 11.1 Å². The van der Waals surface area contributed by atoms with E-state index in [2.05, 4.69) is 20.6 Å². The first-order valence-electron chi connectivity index (χ1n) is 17.4. The van der Waals surface area contributed by atoms with Crippen LogP contribution >= 0.6 is 0 Å². The fraction of sp³-hybridized carbons (Fsp3) is 0.0909. The van der Waals surface area contributed by atoms with Crippen molar-refractivity contribution in [1.29, 1.82) is 0 Å². The van der Waals surface area contributed by atoms with Gasteiger partial charge in [-0.2, -0.15) is 0 Å². The second-order valence-electron chi connectivity index (χ2n) is 12.5. The molecule has 0 aromatic heterocycles. The first-order valence-corrected chi connectivity index (χ1v) is 17.4. The third kappa shape index (κ3) is 8.46. The molecule has 5 aliphatic rings. The molecule has 54 heavy (non-hydrogen) atoms. The number of ether oxygens (including phenoxy) is 2. The summed E-state index contributed by atoms with van der Waals surface area (Å²) in [6.45, 7) is 0. The van der Waals surface area contributed by atoms with Gasteiger partial charge in [-0.3, -0.25) is 29.2 Å². The Morgan fingerprint density at radius 1 is 0.444 bits per heavy atom. The molecule has 0 saturated carbocycles. The van der Waals surface area contributed by atoms with E-state index in [-0.39, 0.29) is 46.6 Å². The Kier molecular flexibility index (Phi) is 10.7. The van der Waals surface area contributed by atoms with Crippen molar-refractivity contribution in [2.45, 2.75) is 25.7 Å². The van der Waals surface area contributed by atoms with Crippen LogP contribution in [0.5, 0.6) is 11.5 Å². The maximum Gasteiger partial charge on any atom is 0.311 e. The van der Waals surface area contributed by atoms with Crippen LogP contribution in [0.25, 0.3) is 0 Å². The fourth-order valence-electron chi connectivity index (χ4n) is 5.84. The highest BCUT2D eigenvalue weighted by Gasteiger charge is 2.21. The Balaban J connectivity index is 1.35. The average molecular weight is 715 g/mol. The van der Waals surface area contributed by atoms with E-state index in [4.69, 9.17) is 9.47 Å². The van der Waals surface area contributed by atoms with Gasteiger partial charge < -0.3 is 20.1 Å². The third-order valence-corrected chi connectivity index (χ3v) is 8.75. The predicted octanol–water partition coefficient (Wildman–Crippen LogP) is 8.55. The summed E-state index contributed by atoms with van der Waals surface area (Å²) in [7, 11) is 0. The first-order chi connectivity index (χ1) is 26.4. The van der Waals surface area contributed by atoms with Crippen molar-refractivity contribution < 1.29 is 28.7 Å². The van der Waals surface area contributed by atoms with Crippen molar-refractivity contribution in [3.05, 3.63) is 167 Å². The van der Waals surface area contributed by atoms with Crippen LogP contribution in [0.2, 0.25) is 0 Å². The molecule has 5 heterocycles. The van der Waals surface area contributed by atoms with E-state index < -0.39 is 23.5 Å². The number of carbonyl (C=O) groups is 4. The molecule has 10 nitrogen and oxygen atoms in total. The number of hydrogen-bond acceptors (Lipinski definition) is 10. The van der Waals surface area contributed by atoms with Gasteiger partial charge in [0.05, 0.1) is 45.0 Å². The first kappa shape index (κ1) is 35.2. The number of esters is 2. The lowest BCUT2D eigenvalue weighted by molar-refractivity contribution is -0.135. The molecule has 10 rings (SSSR count). The molecule has 266 valence electrons. The summed E-state index contributed by atoms with van der Waals surface area (Å²) < 4.78 is 11.5. The van der Waals surface area contributed by atoms with Gasteiger partial charge in [-0.1, -0.05) is 72.8 Å². The molecule has 10 heteroatoms. The summed E-state index contributed by atoms with van der Waals surface area (Å²) in [4.78, 5) is 64.0. The molecule has 2 N–H and O–H groups in total. The van der Waals surface area contributed by atoms with Crippen molar-refractivity contribution in [3.63, 3.8) is 0 Å². The largest absolute Gasteiger partial charge is 0.426 e. The molecule has 4 bridgehead atoms. The van der Waals surface area contributed by atoms with Crippen LogP contribution in [0.4, 0.5) is 22.7 Å². The molecule has 0 radical (unpaired) electrons. The fourth-order valence-corrected chi connectivity index (χ4v) is 5.84. The SMILES string of the molecule is O=C1CCc2ccc(cc2)CCC(=O)Oc2ccccc2C(=O)/C2=C/Nc3ccccc3N=CC(=CNc3ccccc3N=C2)C(=O)c2ccccc2O1. The summed E-state index contributed by atoms with van der Waals surface area (Å²) in [5.74, 6) is -1.60. The zero-order valence-corrected chi connectivity index (χ0v) is 29.0. The highest BCUT2D eigenvalue weighted by atomic mass is 16.5. The van der Waals surface area contributed by atoms with Gasteiger partial charge in [-0.05, 0) is 72.5 Å². The van der Waals surface area contributed by atoms with Crippen LogP contribution in [-0.2, 0) is 22.4 Å². The van der Waals surface area contributed by atoms with Crippen LogP contribution < -0.4 is 20.1 Å². The lowest BCUT2D eigenvalue weighted by Crippen LogP contribution is -2.14. The van der Waals surface area contributed by atoms with E-state index in [9.17, 15) is 19.2 Å². The van der Waals surface area contributed by atoms with E-state index in [1.165, 1.54) is 24.8 Å². The number of rotatable bonds is 0. The number of aliphatic imine (C=N–C) groups is 2. The normalized spacial score (nSPS) is 16.1. The van der Waals surface area contributed by atoms with E-state index >= 15 is 0 Å². The van der Waals surface area contributed by atoms with Gasteiger partial charge in [0.25, 0.3) is 0 Å². The van der Waals surface area contributed by atoms with E-state index in [1.54, 1.807) is 97.1 Å². The smallest absolute Gasteiger partial charge is 0.311 e. The number of nitrogens with zero attached hydrogens (tertiary/aromatic N) is 2. The molecular weight excluding hydrogens is 681 g/mol. The summed E-state index contributed by atoms with van der Waals surface area (Å²) in [6, 6.07) is 35.0. The van der Waals surface area contributed by atoms with Crippen molar-refractivity contribution in [3.8, 4) is 11.5 Å². The van der Waals surface area contributed by atoms with Gasteiger partial charge in [-0.15, -0.1) is 0 Å². The monoisotopic (exact) mass is 714 g/mol. The maximum absolute atomic E-state index is 14.2. The number of benzene rings is 5. The quantitative estimate of drug-likeness (QED) is 0.120. The lowest BCUT2D eigenvalue weighted by atomic mass is 10.0. The molecule has 0 saturated heterocycles. The summed E-state index contributed by atoms with van der Waals surface area (Å²) >= 11 is 0. The van der Waals surface area contributed by atoms with E-state index in [1.807, 2.05) is 24.3 Å². The second kappa shape index (κ2) is 16.4. The molecule has 0 unspecified atom stereocenters. The summed E-state index contributed by atoms with van der Waals surface area (Å²) in [6.07, 6.45) is 6.87. The number of hydrogen-bond donors (Lipinski definition) is 2. The summed E-state index contributed by atoms with van der Waals surface area (Å²) in [5, 5.41) is 6.37. The van der Waals surface area contributed by atoms with Gasteiger partial charge >= 0.3 is 11.9 Å². The van der Waals surface area contributed by atoms with Crippen LogP contribution in [0.15, 0.2) is 155 Å². The number of aryl methyl sites for hydroxylation is 2. The number of allylic oxidation sites excluding steroid dienone is 2. The zero-order valence-electron chi connectivity index (χ0n) is 29.0. The third-order valence-electron chi connectivity index (χ3n) is 8.75. The van der Waals surface area contributed by atoms with Crippen LogP contribution in [0, 0.1) is 0 Å². The van der Waals surface area contributed by atoms with Crippen molar-refractivity contribution in [2.24, 2.45) is 9.98 Å². The van der Waals surface area contributed by atoms with E-state index in [0.29, 0.717) is 35.6 Å². The Bertz CT molecular complexity index is 2210. The van der Waals surface area contributed by atoms with Crippen LogP contribution in [-0.4, -0.2) is 35.9 Å². The number of ketones is 2. The van der Waals surface area contributed by atoms with Gasteiger partial charge in [0.15, 0.2) is 11.6 Å². The van der Waals surface area contributed by atoms with Crippen molar-refractivity contribution in [1.82, 2.24) is 0 Å². The molecule has 0 spiro atoms. The topological polar surface area (TPSA) is 136 Å². The highest BCUT2D eigenvalue weighted by molar-refractivity contribution is 6.24. The zero-order chi connectivity index (χ0) is 37.3. The molecule has 0 atom stereocenters. The van der Waals surface area contributed by atoms with Gasteiger partial charge in [0.2, 0.25) is 0 Å². The molecule has 0 amide bonds. The minimum absolute atomic E-state index is 0.0787. The van der Waals surface area contributed by atoms with Crippen LogP contribution in [0.1, 0.15) is 44.7 Å². The van der Waals surface area contributed by atoms with Gasteiger partial charge in [-0.25, -0.2) is 0 Å². The minimum Gasteiger partial charge on any atom is -0.426 e. The molecule has 0 aliphatic carbocycles. The highest BCUT2D eigenvalue weighted by Crippen LogP contribution is 2.30. The molecule has 5 aromatic carbocycles.